The van der Waals surface area contributed by atoms with Gasteiger partial charge in [-0.25, -0.2) is 4.39 Å². The van der Waals surface area contributed by atoms with Gasteiger partial charge in [0.25, 0.3) is 0 Å². The van der Waals surface area contributed by atoms with E-state index in [1.54, 1.807) is 24.1 Å². The van der Waals surface area contributed by atoms with E-state index < -0.39 is 0 Å². The van der Waals surface area contributed by atoms with E-state index in [-0.39, 0.29) is 17.8 Å². The molecular formula is C22H25FN2O3. The third-order valence-corrected chi connectivity index (χ3v) is 5.41. The van der Waals surface area contributed by atoms with Crippen molar-refractivity contribution in [2.24, 2.45) is 0 Å². The Labute approximate surface area is 164 Å². The van der Waals surface area contributed by atoms with Gasteiger partial charge in [0.2, 0.25) is 5.91 Å². The molecular weight excluding hydrogens is 359 g/mol. The molecule has 6 heteroatoms. The minimum atomic E-state index is -0.267. The molecule has 1 unspecified atom stereocenters. The van der Waals surface area contributed by atoms with Crippen molar-refractivity contribution < 1.29 is 18.7 Å². The van der Waals surface area contributed by atoms with E-state index in [0.29, 0.717) is 26.3 Å². The number of carbonyl (C=O) groups excluding carboxylic acids is 1. The molecule has 5 nitrogen and oxygen atoms in total. The second-order valence-corrected chi connectivity index (χ2v) is 7.41. The zero-order chi connectivity index (χ0) is 19.5. The van der Waals surface area contributed by atoms with Gasteiger partial charge >= 0.3 is 0 Å². The first kappa shape index (κ1) is 18.7. The first-order chi connectivity index (χ1) is 13.6. The molecule has 4 rings (SSSR count). The standard InChI is InChI=1S/C22H25FN2O3/c1-24(14-16-4-7-18(23)8-5-16)22(26)15-25-10-2-3-19(25)17-6-9-20-21(13-17)28-12-11-27-20/h4-9,13,19H,2-3,10-12,14-15H2,1H3. The van der Waals surface area contributed by atoms with Gasteiger partial charge in [0.15, 0.2) is 11.5 Å². The van der Waals surface area contributed by atoms with Crippen LogP contribution >= 0.6 is 0 Å². The van der Waals surface area contributed by atoms with E-state index in [9.17, 15) is 9.18 Å². The van der Waals surface area contributed by atoms with Crippen molar-refractivity contribution >= 4 is 5.91 Å². The normalized spacial score (nSPS) is 18.9. The fraction of sp³-hybridized carbons (Fsp3) is 0.409. The Morgan fingerprint density at radius 3 is 2.68 bits per heavy atom. The summed E-state index contributed by atoms with van der Waals surface area (Å²) in [6, 6.07) is 12.6. The first-order valence-electron chi connectivity index (χ1n) is 9.72. The SMILES string of the molecule is CN(Cc1ccc(F)cc1)C(=O)CN1CCCC1c1ccc2c(c1)OCCO2. The molecule has 0 spiro atoms. The number of benzene rings is 2. The molecule has 1 saturated heterocycles. The van der Waals surface area contributed by atoms with Crippen LogP contribution in [0.5, 0.6) is 11.5 Å². The van der Waals surface area contributed by atoms with Crippen LogP contribution in [0, 0.1) is 5.82 Å². The topological polar surface area (TPSA) is 42.0 Å². The number of ether oxygens (including phenoxy) is 2. The van der Waals surface area contributed by atoms with Crippen LogP contribution in [-0.2, 0) is 11.3 Å². The molecule has 0 bridgehead atoms. The molecule has 1 amide bonds. The first-order valence-corrected chi connectivity index (χ1v) is 9.72. The number of hydrogen-bond acceptors (Lipinski definition) is 4. The molecule has 148 valence electrons. The van der Waals surface area contributed by atoms with Crippen LogP contribution in [-0.4, -0.2) is 49.1 Å². The Kier molecular flexibility index (Phi) is 5.48. The van der Waals surface area contributed by atoms with Gasteiger partial charge in [0.05, 0.1) is 6.54 Å². The highest BCUT2D eigenvalue weighted by Gasteiger charge is 2.29. The van der Waals surface area contributed by atoms with Crippen molar-refractivity contribution in [1.82, 2.24) is 9.80 Å². The van der Waals surface area contributed by atoms with Crippen molar-refractivity contribution in [3.05, 3.63) is 59.4 Å². The Morgan fingerprint density at radius 1 is 1.14 bits per heavy atom. The van der Waals surface area contributed by atoms with Crippen LogP contribution in [0.25, 0.3) is 0 Å². The monoisotopic (exact) mass is 384 g/mol. The molecule has 2 aromatic rings. The maximum Gasteiger partial charge on any atom is 0.236 e. The third-order valence-electron chi connectivity index (χ3n) is 5.41. The smallest absolute Gasteiger partial charge is 0.236 e. The van der Waals surface area contributed by atoms with Crippen molar-refractivity contribution in [3.8, 4) is 11.5 Å². The summed E-state index contributed by atoms with van der Waals surface area (Å²) < 4.78 is 24.4. The fourth-order valence-electron chi connectivity index (χ4n) is 3.91. The highest BCUT2D eigenvalue weighted by atomic mass is 19.1. The molecule has 0 radical (unpaired) electrons. The number of hydrogen-bond donors (Lipinski definition) is 0. The zero-order valence-electron chi connectivity index (χ0n) is 16.1. The Balaban J connectivity index is 1.40. The molecule has 0 aromatic heterocycles. The van der Waals surface area contributed by atoms with Crippen LogP contribution in [0.15, 0.2) is 42.5 Å². The lowest BCUT2D eigenvalue weighted by Crippen LogP contribution is -2.37. The number of amides is 1. The molecule has 0 aliphatic carbocycles. The Hall–Kier alpha value is -2.60. The van der Waals surface area contributed by atoms with Crippen LogP contribution in [0.1, 0.15) is 30.0 Å². The summed E-state index contributed by atoms with van der Waals surface area (Å²) >= 11 is 0. The molecule has 2 aromatic carbocycles. The van der Waals surface area contributed by atoms with Gasteiger partial charge in [-0.05, 0) is 54.8 Å². The van der Waals surface area contributed by atoms with E-state index >= 15 is 0 Å². The summed E-state index contributed by atoms with van der Waals surface area (Å²) in [7, 11) is 1.79. The lowest BCUT2D eigenvalue weighted by Gasteiger charge is -2.28. The summed E-state index contributed by atoms with van der Waals surface area (Å²) in [5, 5.41) is 0. The molecule has 2 aliphatic rings. The number of halogens is 1. The summed E-state index contributed by atoms with van der Waals surface area (Å²) in [5.41, 5.74) is 2.08. The van der Waals surface area contributed by atoms with Gasteiger partial charge in [0, 0.05) is 19.6 Å². The van der Waals surface area contributed by atoms with Gasteiger partial charge < -0.3 is 14.4 Å². The third kappa shape index (κ3) is 4.12. The molecule has 0 N–H and O–H groups in total. The molecule has 2 aliphatic heterocycles. The van der Waals surface area contributed by atoms with Gasteiger partial charge in [0.1, 0.15) is 19.0 Å². The maximum absolute atomic E-state index is 13.1. The molecule has 28 heavy (non-hydrogen) atoms. The van der Waals surface area contributed by atoms with E-state index in [1.807, 2.05) is 12.1 Å². The van der Waals surface area contributed by atoms with Gasteiger partial charge in [-0.15, -0.1) is 0 Å². The van der Waals surface area contributed by atoms with Gasteiger partial charge in [-0.2, -0.15) is 0 Å². The highest BCUT2D eigenvalue weighted by molar-refractivity contribution is 5.78. The van der Waals surface area contributed by atoms with Crippen molar-refractivity contribution in [2.45, 2.75) is 25.4 Å². The summed E-state index contributed by atoms with van der Waals surface area (Å²) in [6.07, 6.45) is 2.09. The second-order valence-electron chi connectivity index (χ2n) is 7.41. The summed E-state index contributed by atoms with van der Waals surface area (Å²) in [6.45, 7) is 2.89. The minimum absolute atomic E-state index is 0.0637. The summed E-state index contributed by atoms with van der Waals surface area (Å²) in [4.78, 5) is 16.7. The summed E-state index contributed by atoms with van der Waals surface area (Å²) in [5.74, 6) is 1.37. The number of carbonyl (C=O) groups is 1. The van der Waals surface area contributed by atoms with Crippen LogP contribution in [0.3, 0.4) is 0 Å². The number of likely N-dealkylation sites (N-methyl/N-ethyl adjacent to an activating group) is 1. The quantitative estimate of drug-likeness (QED) is 0.793. The number of nitrogens with zero attached hydrogens (tertiary/aromatic N) is 2. The van der Waals surface area contributed by atoms with Crippen molar-refractivity contribution in [2.75, 3.05) is 33.4 Å². The Morgan fingerprint density at radius 2 is 1.89 bits per heavy atom. The largest absolute Gasteiger partial charge is 0.486 e. The van der Waals surface area contributed by atoms with Gasteiger partial charge in [-0.1, -0.05) is 18.2 Å². The molecule has 1 atom stereocenters. The highest BCUT2D eigenvalue weighted by Crippen LogP contribution is 2.37. The minimum Gasteiger partial charge on any atom is -0.486 e. The lowest BCUT2D eigenvalue weighted by molar-refractivity contribution is -0.131. The van der Waals surface area contributed by atoms with Crippen LogP contribution < -0.4 is 9.47 Å². The average molecular weight is 384 g/mol. The Bertz CT molecular complexity index is 840. The fourth-order valence-corrected chi connectivity index (χ4v) is 3.91. The number of fused-ring (bicyclic) bond motifs is 1. The van der Waals surface area contributed by atoms with Crippen molar-refractivity contribution in [3.63, 3.8) is 0 Å². The lowest BCUT2D eigenvalue weighted by atomic mass is 10.0. The van der Waals surface area contributed by atoms with E-state index in [4.69, 9.17) is 9.47 Å². The van der Waals surface area contributed by atoms with Crippen LogP contribution in [0.4, 0.5) is 4.39 Å². The van der Waals surface area contributed by atoms with E-state index in [0.717, 1.165) is 42.0 Å². The number of rotatable bonds is 5. The van der Waals surface area contributed by atoms with E-state index in [2.05, 4.69) is 11.0 Å². The average Bonchev–Trinajstić information content (AvgIpc) is 3.17. The van der Waals surface area contributed by atoms with E-state index in [1.165, 1.54) is 12.1 Å². The maximum atomic E-state index is 13.1. The predicted octanol–water partition coefficient (Wildman–Crippen LogP) is 3.39. The van der Waals surface area contributed by atoms with Crippen molar-refractivity contribution in [1.29, 1.82) is 0 Å². The molecule has 1 fully saturated rings. The second kappa shape index (κ2) is 8.19. The number of likely N-dealkylation sites (tertiary alicyclic amines) is 1. The van der Waals surface area contributed by atoms with Gasteiger partial charge in [-0.3, -0.25) is 9.69 Å². The molecule has 2 heterocycles. The zero-order valence-corrected chi connectivity index (χ0v) is 16.1. The predicted molar refractivity (Wildman–Crippen MR) is 104 cm³/mol. The molecule has 0 saturated carbocycles. The van der Waals surface area contributed by atoms with Crippen LogP contribution in [0.2, 0.25) is 0 Å².